The lowest BCUT2D eigenvalue weighted by molar-refractivity contribution is 0.102. The number of carbonyl (C=O) groups excluding carboxylic acids is 1. The molecule has 1 heterocycles. The van der Waals surface area contributed by atoms with Crippen molar-refractivity contribution >= 4 is 44.9 Å². The Balaban J connectivity index is 1.46. The number of phenolic OH excluding ortho intramolecular Hbond substituents is 1. The molecule has 4 nitrogen and oxygen atoms in total. The predicted molar refractivity (Wildman–Crippen MR) is 106 cm³/mol. The Kier molecular flexibility index (Phi) is 4.60. The van der Waals surface area contributed by atoms with Crippen LogP contribution in [0.2, 0.25) is 0 Å². The minimum absolute atomic E-state index is 0.0342. The number of fused-ring (bicyclic) bond motifs is 1. The number of carbonyl (C=O) groups is 1. The van der Waals surface area contributed by atoms with Gasteiger partial charge in [0.1, 0.15) is 5.75 Å². The maximum absolute atomic E-state index is 12.2. The number of nitrogens with zero attached hydrogens (tertiary/aromatic N) is 1. The molecular formula is C20H14N2O2S2. The first kappa shape index (κ1) is 16.6. The van der Waals surface area contributed by atoms with Crippen molar-refractivity contribution in [1.82, 2.24) is 4.98 Å². The molecule has 0 fully saturated rings. The first-order valence-electron chi connectivity index (χ1n) is 7.92. The second-order valence-electron chi connectivity index (χ2n) is 5.55. The Bertz CT molecular complexity index is 1040. The van der Waals surface area contributed by atoms with Crippen molar-refractivity contribution in [3.63, 3.8) is 0 Å². The average molecular weight is 378 g/mol. The predicted octanol–water partition coefficient (Wildman–Crippen LogP) is 5.41. The second kappa shape index (κ2) is 7.19. The van der Waals surface area contributed by atoms with Crippen LogP contribution >= 0.6 is 23.1 Å². The topological polar surface area (TPSA) is 62.2 Å². The molecule has 0 saturated heterocycles. The number of nitrogens with one attached hydrogen (secondary N) is 1. The van der Waals surface area contributed by atoms with Crippen LogP contribution in [0.4, 0.5) is 5.69 Å². The fourth-order valence-electron chi connectivity index (χ4n) is 2.47. The van der Waals surface area contributed by atoms with Crippen LogP contribution in [0.25, 0.3) is 10.2 Å². The van der Waals surface area contributed by atoms with Crippen molar-refractivity contribution in [1.29, 1.82) is 0 Å². The maximum Gasteiger partial charge on any atom is 0.259 e. The number of hydrogen-bond donors (Lipinski definition) is 2. The Morgan fingerprint density at radius 2 is 1.69 bits per heavy atom. The molecule has 4 rings (SSSR count). The normalized spacial score (nSPS) is 10.8. The van der Waals surface area contributed by atoms with Crippen molar-refractivity contribution in [2.75, 3.05) is 5.32 Å². The van der Waals surface area contributed by atoms with E-state index in [4.69, 9.17) is 0 Å². The highest BCUT2D eigenvalue weighted by molar-refractivity contribution is 8.01. The molecule has 3 aromatic carbocycles. The fourth-order valence-corrected chi connectivity index (χ4v) is 4.51. The quantitative estimate of drug-likeness (QED) is 0.499. The van der Waals surface area contributed by atoms with Crippen LogP contribution in [0.5, 0.6) is 5.75 Å². The Hall–Kier alpha value is -2.83. The number of hydrogen-bond acceptors (Lipinski definition) is 5. The number of thiazole rings is 1. The first-order valence-corrected chi connectivity index (χ1v) is 9.55. The largest absolute Gasteiger partial charge is 0.507 e. The van der Waals surface area contributed by atoms with Gasteiger partial charge >= 0.3 is 0 Å². The van der Waals surface area contributed by atoms with Gasteiger partial charge in [-0.3, -0.25) is 4.79 Å². The van der Waals surface area contributed by atoms with E-state index in [1.54, 1.807) is 41.3 Å². The van der Waals surface area contributed by atoms with Gasteiger partial charge in [-0.1, -0.05) is 36.0 Å². The lowest BCUT2D eigenvalue weighted by Crippen LogP contribution is -2.11. The number of para-hydroxylation sites is 2. The smallest absolute Gasteiger partial charge is 0.259 e. The fraction of sp³-hybridized carbons (Fsp3) is 0. The minimum Gasteiger partial charge on any atom is -0.507 e. The van der Waals surface area contributed by atoms with Crippen LogP contribution in [-0.2, 0) is 0 Å². The molecule has 2 N–H and O–H groups in total. The average Bonchev–Trinajstić information content (AvgIpc) is 3.06. The van der Waals surface area contributed by atoms with Crippen LogP contribution in [0.3, 0.4) is 0 Å². The number of aromatic hydroxyl groups is 1. The van der Waals surface area contributed by atoms with Gasteiger partial charge in [0.2, 0.25) is 0 Å². The maximum atomic E-state index is 12.2. The summed E-state index contributed by atoms with van der Waals surface area (Å²) in [5.74, 6) is -0.373. The molecule has 0 spiro atoms. The van der Waals surface area contributed by atoms with E-state index >= 15 is 0 Å². The lowest BCUT2D eigenvalue weighted by atomic mass is 10.2. The summed E-state index contributed by atoms with van der Waals surface area (Å²) in [7, 11) is 0. The highest BCUT2D eigenvalue weighted by Crippen LogP contribution is 2.34. The van der Waals surface area contributed by atoms with Crippen LogP contribution < -0.4 is 5.32 Å². The molecule has 0 atom stereocenters. The molecule has 26 heavy (non-hydrogen) atoms. The summed E-state index contributed by atoms with van der Waals surface area (Å²) in [6.07, 6.45) is 0. The number of benzene rings is 3. The molecule has 6 heteroatoms. The SMILES string of the molecule is O=C(Nc1ccc(Sc2nc3ccccc3s2)cc1)c1ccccc1O. The summed E-state index contributed by atoms with van der Waals surface area (Å²) in [5, 5.41) is 12.5. The van der Waals surface area contributed by atoms with E-state index in [0.29, 0.717) is 5.69 Å². The van der Waals surface area contributed by atoms with Crippen LogP contribution in [0, 0.1) is 0 Å². The van der Waals surface area contributed by atoms with Crippen molar-refractivity contribution in [2.24, 2.45) is 0 Å². The van der Waals surface area contributed by atoms with Gasteiger partial charge in [0, 0.05) is 10.6 Å². The van der Waals surface area contributed by atoms with Gasteiger partial charge in [-0.2, -0.15) is 0 Å². The van der Waals surface area contributed by atoms with E-state index in [1.165, 1.54) is 10.8 Å². The van der Waals surface area contributed by atoms with Crippen molar-refractivity contribution < 1.29 is 9.90 Å². The molecule has 1 amide bonds. The number of amides is 1. The van der Waals surface area contributed by atoms with Crippen molar-refractivity contribution in [3.8, 4) is 5.75 Å². The summed E-state index contributed by atoms with van der Waals surface area (Å²) < 4.78 is 2.15. The van der Waals surface area contributed by atoms with E-state index in [0.717, 1.165) is 14.8 Å². The lowest BCUT2D eigenvalue weighted by Gasteiger charge is -2.07. The molecule has 0 unspecified atom stereocenters. The Morgan fingerprint density at radius 3 is 2.46 bits per heavy atom. The van der Waals surface area contributed by atoms with Gasteiger partial charge < -0.3 is 10.4 Å². The van der Waals surface area contributed by atoms with E-state index in [-0.39, 0.29) is 17.2 Å². The molecule has 128 valence electrons. The monoisotopic (exact) mass is 378 g/mol. The van der Waals surface area contributed by atoms with Crippen molar-refractivity contribution in [3.05, 3.63) is 78.4 Å². The zero-order valence-corrected chi connectivity index (χ0v) is 15.2. The van der Waals surface area contributed by atoms with Gasteiger partial charge in [0.05, 0.1) is 15.8 Å². The van der Waals surface area contributed by atoms with Gasteiger partial charge in [-0.15, -0.1) is 11.3 Å². The first-order chi connectivity index (χ1) is 12.7. The third-order valence-electron chi connectivity index (χ3n) is 3.74. The molecule has 0 radical (unpaired) electrons. The van der Waals surface area contributed by atoms with Gasteiger partial charge in [-0.25, -0.2) is 4.98 Å². The Labute approximate surface area is 158 Å². The molecule has 0 aliphatic rings. The number of phenols is 1. The van der Waals surface area contributed by atoms with E-state index in [9.17, 15) is 9.90 Å². The van der Waals surface area contributed by atoms with E-state index < -0.39 is 0 Å². The molecule has 0 saturated carbocycles. The van der Waals surface area contributed by atoms with Crippen LogP contribution in [0.1, 0.15) is 10.4 Å². The molecule has 1 aromatic heterocycles. The minimum atomic E-state index is -0.338. The molecule has 4 aromatic rings. The van der Waals surface area contributed by atoms with E-state index in [1.807, 2.05) is 42.5 Å². The zero-order valence-electron chi connectivity index (χ0n) is 13.5. The third kappa shape index (κ3) is 3.56. The molecule has 0 aliphatic heterocycles. The van der Waals surface area contributed by atoms with Crippen LogP contribution in [0.15, 0.2) is 82.0 Å². The summed E-state index contributed by atoms with van der Waals surface area (Å²) >= 11 is 3.25. The van der Waals surface area contributed by atoms with Gasteiger partial charge in [0.15, 0.2) is 4.34 Å². The number of aromatic nitrogens is 1. The number of rotatable bonds is 4. The number of anilines is 1. The highest BCUT2D eigenvalue weighted by Gasteiger charge is 2.11. The third-order valence-corrected chi connectivity index (χ3v) is 5.85. The standard InChI is InChI=1S/C20H14N2O2S2/c23-17-7-3-1-5-15(17)19(24)21-13-9-11-14(12-10-13)25-20-22-16-6-2-4-8-18(16)26-20/h1-12,23H,(H,21,24). The summed E-state index contributed by atoms with van der Waals surface area (Å²) in [4.78, 5) is 17.9. The highest BCUT2D eigenvalue weighted by atomic mass is 32.2. The summed E-state index contributed by atoms with van der Waals surface area (Å²) in [5.41, 5.74) is 1.93. The van der Waals surface area contributed by atoms with Gasteiger partial charge in [0.25, 0.3) is 5.91 Å². The molecule has 0 aliphatic carbocycles. The molecule has 0 bridgehead atoms. The van der Waals surface area contributed by atoms with E-state index in [2.05, 4.69) is 16.4 Å². The summed E-state index contributed by atoms with van der Waals surface area (Å²) in [6, 6.07) is 22.1. The summed E-state index contributed by atoms with van der Waals surface area (Å²) in [6.45, 7) is 0. The van der Waals surface area contributed by atoms with Gasteiger partial charge in [-0.05, 0) is 48.5 Å². The van der Waals surface area contributed by atoms with Crippen LogP contribution in [-0.4, -0.2) is 16.0 Å². The molecular weight excluding hydrogens is 364 g/mol. The Morgan fingerprint density at radius 1 is 0.962 bits per heavy atom. The second-order valence-corrected chi connectivity index (χ2v) is 7.90. The van der Waals surface area contributed by atoms with Crippen molar-refractivity contribution in [2.45, 2.75) is 9.24 Å². The zero-order chi connectivity index (χ0) is 17.9.